The topological polar surface area (TPSA) is 30.0 Å². The van der Waals surface area contributed by atoms with E-state index in [1.807, 2.05) is 30.3 Å². The summed E-state index contributed by atoms with van der Waals surface area (Å²) in [5.74, 6) is 0. The first kappa shape index (κ1) is 11.4. The molecule has 1 aromatic heterocycles. The van der Waals surface area contributed by atoms with Crippen LogP contribution in [0.3, 0.4) is 0 Å². The minimum absolute atomic E-state index is 0.671. The number of hydrogen-bond donors (Lipinski definition) is 0. The van der Waals surface area contributed by atoms with Crippen molar-refractivity contribution in [3.63, 3.8) is 0 Å². The molecular weight excluding hydrogens is 286 g/mol. The van der Waals surface area contributed by atoms with Crippen LogP contribution in [0, 0.1) is 0 Å². The molecule has 0 aliphatic heterocycles. The molecule has 0 atom stereocenters. The summed E-state index contributed by atoms with van der Waals surface area (Å²) in [6.07, 6.45) is 2.60. The Kier molecular flexibility index (Phi) is 3.74. The molecular formula is C12H8BrNOS. The molecule has 0 spiro atoms. The molecule has 0 unspecified atom stereocenters. The van der Waals surface area contributed by atoms with E-state index < -0.39 is 0 Å². The summed E-state index contributed by atoms with van der Waals surface area (Å²) in [4.78, 5) is 16.0. The van der Waals surface area contributed by atoms with Crippen molar-refractivity contribution in [2.75, 3.05) is 0 Å². The second-order valence-corrected chi connectivity index (χ2v) is 5.05. The Morgan fingerprint density at radius 1 is 1.25 bits per heavy atom. The van der Waals surface area contributed by atoms with Crippen molar-refractivity contribution in [1.29, 1.82) is 0 Å². The molecule has 16 heavy (non-hydrogen) atoms. The number of hydrogen-bond acceptors (Lipinski definition) is 3. The Morgan fingerprint density at radius 3 is 2.81 bits per heavy atom. The highest BCUT2D eigenvalue weighted by molar-refractivity contribution is 9.10. The first-order chi connectivity index (χ1) is 7.79. The Hall–Kier alpha value is -1.13. The van der Waals surface area contributed by atoms with Crippen molar-refractivity contribution in [2.24, 2.45) is 0 Å². The van der Waals surface area contributed by atoms with Gasteiger partial charge in [0.05, 0.1) is 0 Å². The summed E-state index contributed by atoms with van der Waals surface area (Å²) >= 11 is 4.82. The summed E-state index contributed by atoms with van der Waals surface area (Å²) < 4.78 is 0.903. The lowest BCUT2D eigenvalue weighted by atomic mass is 10.2. The average Bonchev–Trinajstić information content (AvgIpc) is 2.33. The second-order valence-electron chi connectivity index (χ2n) is 3.07. The molecule has 1 aromatic carbocycles. The fourth-order valence-corrected chi connectivity index (χ4v) is 2.45. The van der Waals surface area contributed by atoms with Gasteiger partial charge in [-0.1, -0.05) is 33.8 Å². The van der Waals surface area contributed by atoms with Crippen molar-refractivity contribution in [1.82, 2.24) is 4.98 Å². The molecule has 2 rings (SSSR count). The van der Waals surface area contributed by atoms with Crippen LogP contribution in [0.4, 0.5) is 0 Å². The highest BCUT2D eigenvalue weighted by Crippen LogP contribution is 2.29. The first-order valence-corrected chi connectivity index (χ1v) is 6.24. The summed E-state index contributed by atoms with van der Waals surface area (Å²) in [5.41, 5.74) is 0.671. The van der Waals surface area contributed by atoms with Gasteiger partial charge in [-0.05, 0) is 30.3 Å². The van der Waals surface area contributed by atoms with Gasteiger partial charge >= 0.3 is 0 Å². The van der Waals surface area contributed by atoms with Gasteiger partial charge in [-0.2, -0.15) is 0 Å². The van der Waals surface area contributed by atoms with E-state index in [1.54, 1.807) is 12.3 Å². The lowest BCUT2D eigenvalue weighted by Gasteiger charge is -2.03. The van der Waals surface area contributed by atoms with Crippen LogP contribution in [0.1, 0.15) is 10.4 Å². The molecule has 0 saturated carbocycles. The van der Waals surface area contributed by atoms with E-state index in [1.165, 1.54) is 11.8 Å². The maximum atomic E-state index is 10.9. The van der Waals surface area contributed by atoms with Gasteiger partial charge in [-0.25, -0.2) is 4.98 Å². The smallest absolute Gasteiger partial charge is 0.151 e. The summed E-state index contributed by atoms with van der Waals surface area (Å²) in [6.45, 7) is 0. The Balaban J connectivity index is 2.31. The fraction of sp³-hybridized carbons (Fsp3) is 0. The number of carbonyl (C=O) groups excluding carboxylic acids is 1. The number of halogens is 1. The van der Waals surface area contributed by atoms with E-state index >= 15 is 0 Å². The minimum Gasteiger partial charge on any atom is -0.298 e. The normalized spacial score (nSPS) is 10.1. The van der Waals surface area contributed by atoms with Crippen molar-refractivity contribution in [3.05, 3.63) is 52.6 Å². The van der Waals surface area contributed by atoms with Crippen molar-refractivity contribution >= 4 is 34.0 Å². The molecule has 2 aromatic rings. The number of benzene rings is 1. The van der Waals surface area contributed by atoms with Crippen LogP contribution in [0.15, 0.2) is 57.0 Å². The summed E-state index contributed by atoms with van der Waals surface area (Å²) in [7, 11) is 0. The van der Waals surface area contributed by atoms with Crippen molar-refractivity contribution in [3.8, 4) is 0 Å². The summed E-state index contributed by atoms with van der Waals surface area (Å²) in [5, 5.41) is 0.882. The maximum absolute atomic E-state index is 10.9. The predicted molar refractivity (Wildman–Crippen MR) is 67.9 cm³/mol. The van der Waals surface area contributed by atoms with E-state index in [0.29, 0.717) is 5.56 Å². The predicted octanol–water partition coefficient (Wildman–Crippen LogP) is 3.81. The van der Waals surface area contributed by atoms with Gasteiger partial charge in [0.2, 0.25) is 0 Å². The number of rotatable bonds is 3. The standard InChI is InChI=1S/C12H8BrNOS/c13-10-4-5-11(9(7-10)8-15)16-12-3-1-2-6-14-12/h1-8H. The SMILES string of the molecule is O=Cc1cc(Br)ccc1Sc1ccccn1. The molecule has 0 fully saturated rings. The largest absolute Gasteiger partial charge is 0.298 e. The molecule has 0 amide bonds. The molecule has 4 heteroatoms. The first-order valence-electron chi connectivity index (χ1n) is 4.63. The quantitative estimate of drug-likeness (QED) is 0.806. The highest BCUT2D eigenvalue weighted by atomic mass is 79.9. The number of nitrogens with zero attached hydrogens (tertiary/aromatic N) is 1. The van der Waals surface area contributed by atoms with Gasteiger partial charge in [-0.15, -0.1) is 0 Å². The van der Waals surface area contributed by atoms with Gasteiger partial charge < -0.3 is 0 Å². The van der Waals surface area contributed by atoms with Gasteiger partial charge in [-0.3, -0.25) is 4.79 Å². The minimum atomic E-state index is 0.671. The number of aromatic nitrogens is 1. The average molecular weight is 294 g/mol. The van der Waals surface area contributed by atoms with Crippen LogP contribution >= 0.6 is 27.7 Å². The zero-order valence-corrected chi connectivity index (χ0v) is 10.7. The third-order valence-electron chi connectivity index (χ3n) is 1.95. The highest BCUT2D eigenvalue weighted by Gasteiger charge is 2.04. The lowest BCUT2D eigenvalue weighted by Crippen LogP contribution is -1.86. The molecule has 0 N–H and O–H groups in total. The third kappa shape index (κ3) is 2.71. The fourth-order valence-electron chi connectivity index (χ4n) is 1.22. The van der Waals surface area contributed by atoms with Gasteiger partial charge in [0.25, 0.3) is 0 Å². The molecule has 2 nitrogen and oxygen atoms in total. The van der Waals surface area contributed by atoms with Crippen LogP contribution in [-0.2, 0) is 0 Å². The monoisotopic (exact) mass is 293 g/mol. The Labute approximate surface area is 106 Å². The van der Waals surface area contributed by atoms with Gasteiger partial charge in [0, 0.05) is 21.1 Å². The van der Waals surface area contributed by atoms with Crippen molar-refractivity contribution < 1.29 is 4.79 Å². The van der Waals surface area contributed by atoms with E-state index in [2.05, 4.69) is 20.9 Å². The van der Waals surface area contributed by atoms with E-state index in [0.717, 1.165) is 20.7 Å². The van der Waals surface area contributed by atoms with E-state index in [-0.39, 0.29) is 0 Å². The maximum Gasteiger partial charge on any atom is 0.151 e. The zero-order chi connectivity index (χ0) is 11.4. The van der Waals surface area contributed by atoms with Crippen LogP contribution in [-0.4, -0.2) is 11.3 Å². The molecule has 0 saturated heterocycles. The number of carbonyl (C=O) groups is 1. The summed E-state index contributed by atoms with van der Waals surface area (Å²) in [6, 6.07) is 11.3. The Morgan fingerprint density at radius 2 is 2.12 bits per heavy atom. The number of aldehydes is 1. The molecule has 0 aliphatic rings. The molecule has 1 heterocycles. The molecule has 0 bridgehead atoms. The van der Waals surface area contributed by atoms with Gasteiger partial charge in [0.15, 0.2) is 6.29 Å². The third-order valence-corrected chi connectivity index (χ3v) is 3.49. The zero-order valence-electron chi connectivity index (χ0n) is 8.26. The second kappa shape index (κ2) is 5.27. The van der Waals surface area contributed by atoms with Crippen molar-refractivity contribution in [2.45, 2.75) is 9.92 Å². The molecule has 0 aliphatic carbocycles. The van der Waals surface area contributed by atoms with E-state index in [4.69, 9.17) is 0 Å². The number of pyridine rings is 1. The van der Waals surface area contributed by atoms with Crippen LogP contribution in [0.5, 0.6) is 0 Å². The molecule has 0 radical (unpaired) electrons. The molecule has 80 valence electrons. The lowest BCUT2D eigenvalue weighted by molar-refractivity contribution is 0.112. The van der Waals surface area contributed by atoms with E-state index in [9.17, 15) is 4.79 Å². The van der Waals surface area contributed by atoms with Crippen LogP contribution in [0.25, 0.3) is 0 Å². The van der Waals surface area contributed by atoms with Crippen LogP contribution < -0.4 is 0 Å². The van der Waals surface area contributed by atoms with Gasteiger partial charge in [0.1, 0.15) is 5.03 Å². The van der Waals surface area contributed by atoms with Crippen LogP contribution in [0.2, 0.25) is 0 Å². The Bertz CT molecular complexity index is 502.